The van der Waals surface area contributed by atoms with Gasteiger partial charge in [-0.1, -0.05) is 6.92 Å². The number of carbonyl (C=O) groups excluding carboxylic acids is 1. The summed E-state index contributed by atoms with van der Waals surface area (Å²) in [7, 11) is 0. The molecule has 0 aromatic rings. The third kappa shape index (κ3) is 3.13. The molecule has 4 heteroatoms. The normalized spacial score (nSPS) is 23.8. The zero-order chi connectivity index (χ0) is 9.68. The molecule has 1 atom stereocenters. The molecule has 13 heavy (non-hydrogen) atoms. The Morgan fingerprint density at radius 2 is 2.54 bits per heavy atom. The second-order valence-electron chi connectivity index (χ2n) is 3.12. The van der Waals surface area contributed by atoms with Gasteiger partial charge in [-0.3, -0.25) is 9.69 Å². The lowest BCUT2D eigenvalue weighted by Crippen LogP contribution is -2.43. The average molecular weight is 182 g/mol. The van der Waals surface area contributed by atoms with Crippen LogP contribution in [-0.2, 0) is 9.53 Å². The van der Waals surface area contributed by atoms with Crippen LogP contribution in [-0.4, -0.2) is 43.0 Å². The van der Waals surface area contributed by atoms with Gasteiger partial charge in [0.25, 0.3) is 0 Å². The lowest BCUT2D eigenvalue weighted by Gasteiger charge is -2.28. The second-order valence-corrected chi connectivity index (χ2v) is 3.12. The molecule has 1 aliphatic rings. The molecule has 72 valence electrons. The van der Waals surface area contributed by atoms with Gasteiger partial charge in [-0.05, 0) is 0 Å². The summed E-state index contributed by atoms with van der Waals surface area (Å²) in [5.41, 5.74) is 0. The van der Waals surface area contributed by atoms with E-state index in [1.807, 2.05) is 17.9 Å². The van der Waals surface area contributed by atoms with E-state index >= 15 is 0 Å². The highest BCUT2D eigenvalue weighted by Crippen LogP contribution is 2.04. The fourth-order valence-electron chi connectivity index (χ4n) is 1.29. The van der Waals surface area contributed by atoms with Gasteiger partial charge in [0.15, 0.2) is 6.10 Å². The van der Waals surface area contributed by atoms with Crippen molar-refractivity contribution in [2.45, 2.75) is 19.4 Å². The molecule has 0 radical (unpaired) electrons. The second kappa shape index (κ2) is 4.95. The highest BCUT2D eigenvalue weighted by Gasteiger charge is 2.20. The summed E-state index contributed by atoms with van der Waals surface area (Å²) in [6.07, 6.45) is 0.201. The van der Waals surface area contributed by atoms with Crippen molar-refractivity contribution in [3.05, 3.63) is 0 Å². The number of ether oxygens (including phenoxy) is 1. The van der Waals surface area contributed by atoms with Gasteiger partial charge in [-0.15, -0.1) is 0 Å². The minimum Gasteiger partial charge on any atom is -0.361 e. The molecule has 1 fully saturated rings. The fourth-order valence-corrected chi connectivity index (χ4v) is 1.29. The Hall–Kier alpha value is -0.920. The van der Waals surface area contributed by atoms with Crippen molar-refractivity contribution in [2.24, 2.45) is 0 Å². The first kappa shape index (κ1) is 10.2. The van der Waals surface area contributed by atoms with Crippen LogP contribution in [0.3, 0.4) is 0 Å². The zero-order valence-electron chi connectivity index (χ0n) is 7.82. The highest BCUT2D eigenvalue weighted by molar-refractivity contribution is 5.80. The molecule has 1 heterocycles. The lowest BCUT2D eigenvalue weighted by molar-refractivity contribution is -0.121. The first-order chi connectivity index (χ1) is 6.26. The first-order valence-corrected chi connectivity index (χ1v) is 4.51. The minimum atomic E-state index is -0.363. The summed E-state index contributed by atoms with van der Waals surface area (Å²) >= 11 is 0. The van der Waals surface area contributed by atoms with Crippen molar-refractivity contribution in [3.8, 4) is 6.07 Å². The van der Waals surface area contributed by atoms with Crippen LogP contribution in [0.4, 0.5) is 0 Å². The molecule has 0 amide bonds. The summed E-state index contributed by atoms with van der Waals surface area (Å²) in [6, 6.07) is 2.05. The number of ketones is 1. The summed E-state index contributed by atoms with van der Waals surface area (Å²) < 4.78 is 5.16. The molecule has 0 saturated carbocycles. The Balaban J connectivity index is 2.35. The van der Waals surface area contributed by atoms with Crippen molar-refractivity contribution in [2.75, 3.05) is 26.2 Å². The summed E-state index contributed by atoms with van der Waals surface area (Å²) in [6.45, 7) is 4.17. The van der Waals surface area contributed by atoms with Crippen molar-refractivity contribution >= 4 is 5.78 Å². The van der Waals surface area contributed by atoms with Crippen molar-refractivity contribution in [3.63, 3.8) is 0 Å². The van der Waals surface area contributed by atoms with Gasteiger partial charge < -0.3 is 4.74 Å². The van der Waals surface area contributed by atoms with Crippen molar-refractivity contribution in [1.29, 1.82) is 5.26 Å². The Morgan fingerprint density at radius 1 is 1.77 bits per heavy atom. The van der Waals surface area contributed by atoms with E-state index < -0.39 is 0 Å². The molecule has 1 aliphatic heterocycles. The minimum absolute atomic E-state index is 0.221. The molecule has 1 saturated heterocycles. The van der Waals surface area contributed by atoms with E-state index in [1.54, 1.807) is 0 Å². The number of Topliss-reactive ketones (excluding diaryl/α,β-unsaturated/α-hetero) is 1. The summed E-state index contributed by atoms with van der Waals surface area (Å²) in [5, 5.41) is 8.61. The number of nitriles is 1. The molecule has 0 N–H and O–H groups in total. The molecule has 1 unspecified atom stereocenters. The van der Waals surface area contributed by atoms with E-state index in [1.165, 1.54) is 0 Å². The summed E-state index contributed by atoms with van der Waals surface area (Å²) in [5.74, 6) is 0.221. The van der Waals surface area contributed by atoms with Gasteiger partial charge in [-0.25, -0.2) is 0 Å². The van der Waals surface area contributed by atoms with Crippen LogP contribution in [0.5, 0.6) is 0 Å². The number of carbonyl (C=O) groups is 1. The zero-order valence-corrected chi connectivity index (χ0v) is 7.82. The Bertz CT molecular complexity index is 222. The number of morpholine rings is 1. The standard InChI is InChI=1S/C9H14N2O2/c1-2-8(12)6-11-3-4-13-9(5-10)7-11/h9H,2-4,6-7H2,1H3. The number of hydrogen-bond acceptors (Lipinski definition) is 4. The number of hydrogen-bond donors (Lipinski definition) is 0. The van der Waals surface area contributed by atoms with Gasteiger partial charge >= 0.3 is 0 Å². The number of rotatable bonds is 3. The smallest absolute Gasteiger partial charge is 0.156 e. The van der Waals surface area contributed by atoms with Crippen LogP contribution in [0.25, 0.3) is 0 Å². The Labute approximate surface area is 78.1 Å². The molecular formula is C9H14N2O2. The molecule has 0 aromatic carbocycles. The van der Waals surface area contributed by atoms with Crippen LogP contribution < -0.4 is 0 Å². The molecule has 0 aliphatic carbocycles. The molecule has 0 bridgehead atoms. The maximum absolute atomic E-state index is 11.1. The van der Waals surface area contributed by atoms with Gasteiger partial charge in [0, 0.05) is 19.5 Å². The predicted molar refractivity (Wildman–Crippen MR) is 47.1 cm³/mol. The average Bonchev–Trinajstić information content (AvgIpc) is 2.18. The Morgan fingerprint density at radius 3 is 3.15 bits per heavy atom. The molecule has 0 spiro atoms. The van der Waals surface area contributed by atoms with E-state index in [4.69, 9.17) is 10.00 Å². The lowest BCUT2D eigenvalue weighted by atomic mass is 10.2. The molecule has 4 nitrogen and oxygen atoms in total. The van der Waals surface area contributed by atoms with Crippen LogP contribution in [0.2, 0.25) is 0 Å². The van der Waals surface area contributed by atoms with E-state index in [0.717, 1.165) is 6.54 Å². The van der Waals surface area contributed by atoms with E-state index in [0.29, 0.717) is 26.1 Å². The van der Waals surface area contributed by atoms with Crippen molar-refractivity contribution in [1.82, 2.24) is 4.90 Å². The van der Waals surface area contributed by atoms with E-state index in [-0.39, 0.29) is 11.9 Å². The molecule has 0 aromatic heterocycles. The van der Waals surface area contributed by atoms with Crippen LogP contribution >= 0.6 is 0 Å². The highest BCUT2D eigenvalue weighted by atomic mass is 16.5. The SMILES string of the molecule is CCC(=O)CN1CCOC(C#N)C1. The van der Waals surface area contributed by atoms with E-state index in [2.05, 4.69) is 0 Å². The van der Waals surface area contributed by atoms with E-state index in [9.17, 15) is 4.79 Å². The Kier molecular flexibility index (Phi) is 3.87. The van der Waals surface area contributed by atoms with Crippen LogP contribution in [0.15, 0.2) is 0 Å². The fraction of sp³-hybridized carbons (Fsp3) is 0.778. The first-order valence-electron chi connectivity index (χ1n) is 4.51. The quantitative estimate of drug-likeness (QED) is 0.625. The topological polar surface area (TPSA) is 53.3 Å². The van der Waals surface area contributed by atoms with Crippen LogP contribution in [0.1, 0.15) is 13.3 Å². The number of nitrogens with zero attached hydrogens (tertiary/aromatic N) is 2. The maximum atomic E-state index is 11.1. The van der Waals surface area contributed by atoms with Gasteiger partial charge in [0.2, 0.25) is 0 Å². The predicted octanol–water partition coefficient (Wildman–Crippen LogP) is 0.190. The maximum Gasteiger partial charge on any atom is 0.156 e. The monoisotopic (exact) mass is 182 g/mol. The van der Waals surface area contributed by atoms with Gasteiger partial charge in [0.1, 0.15) is 5.78 Å². The van der Waals surface area contributed by atoms with Gasteiger partial charge in [0.05, 0.1) is 19.2 Å². The van der Waals surface area contributed by atoms with Crippen LogP contribution in [0, 0.1) is 11.3 Å². The largest absolute Gasteiger partial charge is 0.361 e. The van der Waals surface area contributed by atoms with Crippen molar-refractivity contribution < 1.29 is 9.53 Å². The third-order valence-corrected chi connectivity index (χ3v) is 2.09. The molecule has 1 rings (SSSR count). The molecular weight excluding hydrogens is 168 g/mol. The van der Waals surface area contributed by atoms with Gasteiger partial charge in [-0.2, -0.15) is 5.26 Å². The summed E-state index contributed by atoms with van der Waals surface area (Å²) in [4.78, 5) is 13.1. The third-order valence-electron chi connectivity index (χ3n) is 2.09.